The Bertz CT molecular complexity index is 568. The Kier molecular flexibility index (Phi) is 2.90. The molecule has 0 fully saturated rings. The van der Waals surface area contributed by atoms with Crippen molar-refractivity contribution in [1.82, 2.24) is 10.2 Å². The average molecular weight is 253 g/mol. The minimum absolute atomic E-state index is 0.288. The van der Waals surface area contributed by atoms with Crippen LogP contribution < -0.4 is 5.32 Å². The van der Waals surface area contributed by atoms with Gasteiger partial charge in [-0.3, -0.25) is 9.89 Å². The number of nitrogens with zero attached hydrogens (tertiary/aromatic N) is 2. The SMILES string of the molecule is N#Cc1cn[nH]c1NC(=O)c1ccc(Cl)s1. The molecule has 0 saturated heterocycles. The first-order chi connectivity index (χ1) is 7.70. The second-order valence-electron chi connectivity index (χ2n) is 2.83. The zero-order chi connectivity index (χ0) is 11.5. The number of rotatable bonds is 2. The first-order valence-corrected chi connectivity index (χ1v) is 5.40. The molecule has 0 aliphatic rings. The van der Waals surface area contributed by atoms with E-state index >= 15 is 0 Å². The number of H-pyrrole nitrogens is 1. The summed E-state index contributed by atoms with van der Waals surface area (Å²) in [6, 6.07) is 5.16. The number of amides is 1. The van der Waals surface area contributed by atoms with Crippen LogP contribution >= 0.6 is 22.9 Å². The van der Waals surface area contributed by atoms with Gasteiger partial charge in [0.05, 0.1) is 15.4 Å². The zero-order valence-electron chi connectivity index (χ0n) is 7.82. The molecular formula is C9H5ClN4OS. The molecule has 7 heteroatoms. The van der Waals surface area contributed by atoms with Gasteiger partial charge in [0.2, 0.25) is 0 Å². The molecule has 0 radical (unpaired) electrons. The van der Waals surface area contributed by atoms with E-state index in [0.717, 1.165) is 0 Å². The molecule has 0 atom stereocenters. The van der Waals surface area contributed by atoms with Crippen molar-refractivity contribution in [2.45, 2.75) is 0 Å². The molecule has 0 unspecified atom stereocenters. The number of halogens is 1. The molecule has 2 aromatic heterocycles. The Morgan fingerprint density at radius 1 is 1.62 bits per heavy atom. The summed E-state index contributed by atoms with van der Waals surface area (Å²) in [4.78, 5) is 12.2. The van der Waals surface area contributed by atoms with E-state index in [2.05, 4.69) is 15.5 Å². The van der Waals surface area contributed by atoms with Crippen LogP contribution in [-0.2, 0) is 0 Å². The number of aromatic nitrogens is 2. The monoisotopic (exact) mass is 252 g/mol. The van der Waals surface area contributed by atoms with Gasteiger partial charge in [-0.15, -0.1) is 11.3 Å². The van der Waals surface area contributed by atoms with Gasteiger partial charge >= 0.3 is 0 Å². The minimum atomic E-state index is -0.322. The smallest absolute Gasteiger partial charge is 0.266 e. The van der Waals surface area contributed by atoms with Crippen LogP contribution in [0.3, 0.4) is 0 Å². The number of hydrogen-bond acceptors (Lipinski definition) is 4. The normalized spacial score (nSPS) is 9.75. The fourth-order valence-electron chi connectivity index (χ4n) is 1.08. The maximum Gasteiger partial charge on any atom is 0.266 e. The van der Waals surface area contributed by atoms with Crippen LogP contribution in [0.15, 0.2) is 18.3 Å². The molecule has 16 heavy (non-hydrogen) atoms. The Morgan fingerprint density at radius 3 is 3.06 bits per heavy atom. The highest BCUT2D eigenvalue weighted by molar-refractivity contribution is 7.18. The van der Waals surface area contributed by atoms with Gasteiger partial charge in [0.25, 0.3) is 5.91 Å². The van der Waals surface area contributed by atoms with Crippen LogP contribution in [0.2, 0.25) is 4.34 Å². The largest absolute Gasteiger partial charge is 0.305 e. The number of anilines is 1. The predicted molar refractivity (Wildman–Crippen MR) is 60.6 cm³/mol. The van der Waals surface area contributed by atoms with E-state index in [-0.39, 0.29) is 17.3 Å². The van der Waals surface area contributed by atoms with Crippen molar-refractivity contribution in [2.75, 3.05) is 5.32 Å². The van der Waals surface area contributed by atoms with Crippen LogP contribution in [0, 0.1) is 11.3 Å². The third-order valence-electron chi connectivity index (χ3n) is 1.80. The Morgan fingerprint density at radius 2 is 2.44 bits per heavy atom. The van der Waals surface area contributed by atoms with Crippen molar-refractivity contribution in [3.05, 3.63) is 33.1 Å². The number of nitrogens with one attached hydrogen (secondary N) is 2. The lowest BCUT2D eigenvalue weighted by Crippen LogP contribution is -2.11. The van der Waals surface area contributed by atoms with Crippen LogP contribution in [-0.4, -0.2) is 16.1 Å². The summed E-state index contributed by atoms with van der Waals surface area (Å²) >= 11 is 6.88. The van der Waals surface area contributed by atoms with Gasteiger partial charge < -0.3 is 5.32 Å². The van der Waals surface area contributed by atoms with Crippen molar-refractivity contribution >= 4 is 34.7 Å². The predicted octanol–water partition coefficient (Wildman–Crippen LogP) is 2.25. The maximum atomic E-state index is 11.7. The fourth-order valence-corrected chi connectivity index (χ4v) is 2.02. The molecule has 0 spiro atoms. The average Bonchev–Trinajstić information content (AvgIpc) is 2.86. The topological polar surface area (TPSA) is 81.6 Å². The second-order valence-corrected chi connectivity index (χ2v) is 4.54. The molecular weight excluding hydrogens is 248 g/mol. The number of carbonyl (C=O) groups excluding carboxylic acids is 1. The number of hydrogen-bond donors (Lipinski definition) is 2. The summed E-state index contributed by atoms with van der Waals surface area (Å²) in [5.41, 5.74) is 0.288. The molecule has 5 nitrogen and oxygen atoms in total. The standard InChI is InChI=1S/C9H5ClN4OS/c10-7-2-1-6(16-7)9(15)13-8-5(3-11)4-12-14-8/h1-2,4H,(H2,12,13,14,15). The number of carbonyl (C=O) groups is 1. The van der Waals surface area contributed by atoms with Crippen molar-refractivity contribution in [2.24, 2.45) is 0 Å². The molecule has 0 aliphatic heterocycles. The first-order valence-electron chi connectivity index (χ1n) is 4.21. The van der Waals surface area contributed by atoms with E-state index in [0.29, 0.717) is 9.21 Å². The Labute approximate surface area is 99.7 Å². The molecule has 0 aliphatic carbocycles. The molecule has 0 saturated carbocycles. The van der Waals surface area contributed by atoms with Gasteiger partial charge in [-0.25, -0.2) is 0 Å². The fraction of sp³-hybridized carbons (Fsp3) is 0. The summed E-state index contributed by atoms with van der Waals surface area (Å²) in [6.07, 6.45) is 1.34. The number of aromatic amines is 1. The van der Waals surface area contributed by atoms with Crippen LogP contribution in [0.4, 0.5) is 5.82 Å². The van der Waals surface area contributed by atoms with Crippen molar-refractivity contribution in [3.63, 3.8) is 0 Å². The van der Waals surface area contributed by atoms with Crippen LogP contribution in [0.25, 0.3) is 0 Å². The minimum Gasteiger partial charge on any atom is -0.305 e. The molecule has 1 amide bonds. The molecule has 0 aromatic carbocycles. The Balaban J connectivity index is 2.17. The zero-order valence-corrected chi connectivity index (χ0v) is 9.39. The maximum absolute atomic E-state index is 11.7. The van der Waals surface area contributed by atoms with E-state index in [4.69, 9.17) is 16.9 Å². The molecule has 2 heterocycles. The summed E-state index contributed by atoms with van der Waals surface area (Å²) in [6.45, 7) is 0. The Hall–Kier alpha value is -1.84. The van der Waals surface area contributed by atoms with E-state index < -0.39 is 0 Å². The second kappa shape index (κ2) is 4.35. The first kappa shape index (κ1) is 10.7. The van der Waals surface area contributed by atoms with Crippen LogP contribution in [0.5, 0.6) is 0 Å². The summed E-state index contributed by atoms with van der Waals surface area (Å²) in [5, 5.41) is 17.4. The lowest BCUT2D eigenvalue weighted by Gasteiger charge is -1.99. The van der Waals surface area contributed by atoms with Gasteiger partial charge in [0.15, 0.2) is 0 Å². The summed E-state index contributed by atoms with van der Waals surface area (Å²) in [7, 11) is 0. The molecule has 80 valence electrons. The van der Waals surface area contributed by atoms with Gasteiger partial charge in [0.1, 0.15) is 17.5 Å². The van der Waals surface area contributed by atoms with E-state index in [9.17, 15) is 4.79 Å². The summed E-state index contributed by atoms with van der Waals surface area (Å²) in [5.74, 6) is -0.0327. The van der Waals surface area contributed by atoms with E-state index in [1.165, 1.54) is 17.5 Å². The lowest BCUT2D eigenvalue weighted by molar-refractivity contribution is 0.103. The van der Waals surface area contributed by atoms with E-state index in [1.807, 2.05) is 6.07 Å². The van der Waals surface area contributed by atoms with Gasteiger partial charge in [-0.2, -0.15) is 10.4 Å². The van der Waals surface area contributed by atoms with Crippen molar-refractivity contribution < 1.29 is 4.79 Å². The molecule has 0 bridgehead atoms. The molecule has 2 N–H and O–H groups in total. The van der Waals surface area contributed by atoms with Crippen molar-refractivity contribution in [3.8, 4) is 6.07 Å². The van der Waals surface area contributed by atoms with Crippen molar-refractivity contribution in [1.29, 1.82) is 5.26 Å². The summed E-state index contributed by atoms with van der Waals surface area (Å²) < 4.78 is 0.537. The lowest BCUT2D eigenvalue weighted by atomic mass is 10.3. The third kappa shape index (κ3) is 2.05. The molecule has 2 rings (SSSR count). The molecule has 2 aromatic rings. The number of nitriles is 1. The highest BCUT2D eigenvalue weighted by Crippen LogP contribution is 2.22. The van der Waals surface area contributed by atoms with Gasteiger partial charge in [-0.05, 0) is 12.1 Å². The highest BCUT2D eigenvalue weighted by Gasteiger charge is 2.12. The van der Waals surface area contributed by atoms with Gasteiger partial charge in [0, 0.05) is 0 Å². The third-order valence-corrected chi connectivity index (χ3v) is 3.03. The number of thiophene rings is 1. The van der Waals surface area contributed by atoms with Crippen LogP contribution in [0.1, 0.15) is 15.2 Å². The quantitative estimate of drug-likeness (QED) is 0.860. The highest BCUT2D eigenvalue weighted by atomic mass is 35.5. The van der Waals surface area contributed by atoms with Gasteiger partial charge in [-0.1, -0.05) is 11.6 Å². The van der Waals surface area contributed by atoms with E-state index in [1.54, 1.807) is 12.1 Å².